The minimum Gasteiger partial charge on any atom is -0.503 e. The monoisotopic (exact) mass is 630 g/mol. The minimum atomic E-state index is -5.00. The smallest absolute Gasteiger partial charge is 0.434 e. The van der Waals surface area contributed by atoms with Crippen LogP contribution in [0.1, 0.15) is 31.0 Å². The summed E-state index contributed by atoms with van der Waals surface area (Å²) in [6.07, 6.45) is -3.56. The van der Waals surface area contributed by atoms with Crippen molar-refractivity contribution in [3.63, 3.8) is 0 Å². The number of aromatic hydroxyl groups is 1. The van der Waals surface area contributed by atoms with Crippen LogP contribution in [-0.4, -0.2) is 35.0 Å². The molecule has 0 saturated carbocycles. The van der Waals surface area contributed by atoms with Crippen LogP contribution in [0.25, 0.3) is 6.08 Å². The van der Waals surface area contributed by atoms with Crippen molar-refractivity contribution >= 4 is 50.9 Å². The van der Waals surface area contributed by atoms with E-state index in [1.54, 1.807) is 6.92 Å². The third kappa shape index (κ3) is 5.38. The molecular weight excluding hydrogens is 613 g/mol. The zero-order valence-electron chi connectivity index (χ0n) is 19.8. The summed E-state index contributed by atoms with van der Waals surface area (Å²) in [7, 11) is 0. The van der Waals surface area contributed by atoms with E-state index in [0.29, 0.717) is 15.1 Å². The Morgan fingerprint density at radius 2 is 1.92 bits per heavy atom. The van der Waals surface area contributed by atoms with Gasteiger partial charge in [0.25, 0.3) is 5.56 Å². The van der Waals surface area contributed by atoms with Gasteiger partial charge < -0.3 is 14.6 Å². The van der Waals surface area contributed by atoms with Crippen molar-refractivity contribution in [3.8, 4) is 11.5 Å². The number of hydrogen-bond donors (Lipinski definition) is 1. The van der Waals surface area contributed by atoms with Crippen molar-refractivity contribution < 1.29 is 32.5 Å². The Morgan fingerprint density at radius 3 is 2.53 bits per heavy atom. The lowest BCUT2D eigenvalue weighted by Crippen LogP contribution is -2.41. The second-order valence-corrected chi connectivity index (χ2v) is 10.2. The van der Waals surface area contributed by atoms with Gasteiger partial charge in [0.05, 0.1) is 33.8 Å². The maximum atomic E-state index is 14.2. The highest BCUT2D eigenvalue weighted by Gasteiger charge is 2.45. The molecule has 3 aromatic rings. The number of alkyl halides is 3. The highest BCUT2D eigenvalue weighted by atomic mass is 79.9. The second kappa shape index (κ2) is 11.0. The van der Waals surface area contributed by atoms with E-state index < -0.39 is 35.0 Å². The topological polar surface area (TPSA) is 90.1 Å². The van der Waals surface area contributed by atoms with E-state index >= 15 is 0 Å². The molecular formula is C25H19BrClF3N2O5S. The lowest BCUT2D eigenvalue weighted by molar-refractivity contribution is -0.140. The van der Waals surface area contributed by atoms with Gasteiger partial charge in [0.1, 0.15) is 0 Å². The number of benzene rings is 2. The van der Waals surface area contributed by atoms with Crippen molar-refractivity contribution in [1.29, 1.82) is 0 Å². The Balaban J connectivity index is 2.02. The molecule has 0 aliphatic carbocycles. The number of allylic oxidation sites excluding steroid dienone is 1. The van der Waals surface area contributed by atoms with Gasteiger partial charge in [-0.05, 0) is 71.2 Å². The number of phenolic OH excluding ortho intramolecular Hbond substituents is 1. The first-order chi connectivity index (χ1) is 18.0. The minimum absolute atomic E-state index is 0.0504. The molecule has 13 heteroatoms. The lowest BCUT2D eigenvalue weighted by atomic mass is 9.95. The first-order valence-corrected chi connectivity index (χ1v) is 13.2. The number of esters is 1. The van der Waals surface area contributed by atoms with E-state index in [1.807, 2.05) is 0 Å². The van der Waals surface area contributed by atoms with E-state index in [-0.39, 0.29) is 39.6 Å². The van der Waals surface area contributed by atoms with Crippen LogP contribution >= 0.6 is 38.9 Å². The molecule has 200 valence electrons. The van der Waals surface area contributed by atoms with Crippen LogP contribution in [0.15, 0.2) is 61.9 Å². The molecule has 1 N–H and O–H groups in total. The molecule has 0 spiro atoms. The molecule has 2 heterocycles. The molecule has 1 aliphatic rings. The number of rotatable bonds is 6. The molecule has 1 aliphatic heterocycles. The fourth-order valence-electron chi connectivity index (χ4n) is 3.89. The number of phenols is 1. The number of hydrogen-bond acceptors (Lipinski definition) is 7. The van der Waals surface area contributed by atoms with Gasteiger partial charge in [-0.1, -0.05) is 35.1 Å². The highest BCUT2D eigenvalue weighted by molar-refractivity contribution is 9.10. The molecule has 0 unspecified atom stereocenters. The van der Waals surface area contributed by atoms with Gasteiger partial charge in [0.15, 0.2) is 22.0 Å². The summed E-state index contributed by atoms with van der Waals surface area (Å²) >= 11 is 9.94. The predicted octanol–water partition coefficient (Wildman–Crippen LogP) is 4.86. The maximum Gasteiger partial charge on any atom is 0.434 e. The van der Waals surface area contributed by atoms with E-state index in [4.69, 9.17) is 21.1 Å². The standard InChI is InChI=1S/C25H19BrClF3N2O5S/c1-3-36-16-10-12(9-15(26)20(16)33)11-17-22(34)32-19(13-5-7-14(27)8-6-13)18(23(35)37-4-2)21(25(28,29)30)31-24(32)38-17/h5-11,19,33H,3-4H2,1-2H3/b17-11-/t19-/m0/s1. The van der Waals surface area contributed by atoms with Crippen LogP contribution in [0.3, 0.4) is 0 Å². The molecule has 0 bridgehead atoms. The summed E-state index contributed by atoms with van der Waals surface area (Å²) in [5.41, 5.74) is -2.25. The van der Waals surface area contributed by atoms with Gasteiger partial charge in [-0.3, -0.25) is 9.36 Å². The predicted molar refractivity (Wildman–Crippen MR) is 139 cm³/mol. The summed E-state index contributed by atoms with van der Waals surface area (Å²) in [6.45, 7) is 3.28. The molecule has 0 fully saturated rings. The molecule has 1 aromatic heterocycles. The van der Waals surface area contributed by atoms with Crippen molar-refractivity contribution in [3.05, 3.63) is 88.0 Å². The van der Waals surface area contributed by atoms with Crippen LogP contribution in [-0.2, 0) is 9.53 Å². The summed E-state index contributed by atoms with van der Waals surface area (Å²) in [5.74, 6) is -1.22. The lowest BCUT2D eigenvalue weighted by Gasteiger charge is -2.26. The molecule has 0 saturated heterocycles. The third-order valence-electron chi connectivity index (χ3n) is 5.43. The van der Waals surface area contributed by atoms with Gasteiger partial charge >= 0.3 is 12.1 Å². The van der Waals surface area contributed by atoms with Gasteiger partial charge in [-0.25, -0.2) is 9.79 Å². The largest absolute Gasteiger partial charge is 0.503 e. The van der Waals surface area contributed by atoms with Gasteiger partial charge in [-0.15, -0.1) is 0 Å². The number of fused-ring (bicyclic) bond motifs is 1. The molecule has 2 aromatic carbocycles. The summed E-state index contributed by atoms with van der Waals surface area (Å²) in [6, 6.07) is 7.33. The average molecular weight is 632 g/mol. The van der Waals surface area contributed by atoms with Gasteiger partial charge in [-0.2, -0.15) is 13.2 Å². The van der Waals surface area contributed by atoms with Gasteiger partial charge in [0, 0.05) is 5.02 Å². The third-order valence-corrected chi connectivity index (χ3v) is 7.27. The van der Waals surface area contributed by atoms with E-state index in [1.165, 1.54) is 49.4 Å². The summed E-state index contributed by atoms with van der Waals surface area (Å²) < 4.78 is 54.3. The maximum absolute atomic E-state index is 14.2. The SMILES string of the molecule is CCOC(=O)C1=C(C(F)(F)F)N=c2s/c(=C\c3cc(Br)c(O)c(OCC)c3)c(=O)n2[C@H]1c1ccc(Cl)cc1. The van der Waals surface area contributed by atoms with Crippen molar-refractivity contribution in [2.24, 2.45) is 4.99 Å². The molecule has 1 atom stereocenters. The fraction of sp³-hybridized carbons (Fsp3) is 0.240. The normalized spacial score (nSPS) is 15.8. The van der Waals surface area contributed by atoms with Crippen LogP contribution in [0, 0.1) is 0 Å². The number of thiazole rings is 1. The molecule has 4 rings (SSSR count). The number of aromatic nitrogens is 1. The molecule has 38 heavy (non-hydrogen) atoms. The van der Waals surface area contributed by atoms with Crippen LogP contribution in [0.5, 0.6) is 11.5 Å². The number of nitrogens with zero attached hydrogens (tertiary/aromatic N) is 2. The Bertz CT molecular complexity index is 1610. The average Bonchev–Trinajstić information content (AvgIpc) is 3.16. The zero-order chi connectivity index (χ0) is 27.8. The zero-order valence-corrected chi connectivity index (χ0v) is 23.0. The Morgan fingerprint density at radius 1 is 1.24 bits per heavy atom. The number of carbonyl (C=O) groups is 1. The quantitative estimate of drug-likeness (QED) is 0.393. The number of halogens is 5. The summed E-state index contributed by atoms with van der Waals surface area (Å²) in [4.78, 5) is 30.0. The molecule has 0 radical (unpaired) electrons. The van der Waals surface area contributed by atoms with E-state index in [0.717, 1.165) is 15.9 Å². The van der Waals surface area contributed by atoms with Crippen LogP contribution in [0.4, 0.5) is 13.2 Å². The van der Waals surface area contributed by atoms with Crippen molar-refractivity contribution in [2.75, 3.05) is 13.2 Å². The Hall–Kier alpha value is -3.09. The fourth-order valence-corrected chi connectivity index (χ4v) is 5.48. The number of carbonyl (C=O) groups excluding carboxylic acids is 1. The van der Waals surface area contributed by atoms with Crippen molar-refractivity contribution in [1.82, 2.24) is 4.57 Å². The van der Waals surface area contributed by atoms with Gasteiger partial charge in [0.2, 0.25) is 0 Å². The number of ether oxygens (including phenoxy) is 2. The van der Waals surface area contributed by atoms with Crippen molar-refractivity contribution in [2.45, 2.75) is 26.1 Å². The summed E-state index contributed by atoms with van der Waals surface area (Å²) in [5, 5.41) is 10.5. The van der Waals surface area contributed by atoms with E-state index in [9.17, 15) is 27.9 Å². The van der Waals surface area contributed by atoms with Crippen LogP contribution in [0.2, 0.25) is 5.02 Å². The Labute approximate surface area is 231 Å². The molecule has 7 nitrogen and oxygen atoms in total. The first kappa shape index (κ1) is 27.9. The Kier molecular flexibility index (Phi) is 8.05. The van der Waals surface area contributed by atoms with E-state index in [2.05, 4.69) is 20.9 Å². The second-order valence-electron chi connectivity index (χ2n) is 7.90. The highest BCUT2D eigenvalue weighted by Crippen LogP contribution is 2.39. The van der Waals surface area contributed by atoms with Crippen LogP contribution < -0.4 is 19.6 Å². The molecule has 0 amide bonds. The first-order valence-electron chi connectivity index (χ1n) is 11.2.